The van der Waals surface area contributed by atoms with E-state index in [2.05, 4.69) is 29.3 Å². The largest absolute Gasteiger partial charge is 0.352 e. The molecule has 1 aliphatic heterocycles. The molecule has 2 aliphatic rings. The molecule has 1 amide bonds. The molecule has 1 aromatic carbocycles. The zero-order valence-electron chi connectivity index (χ0n) is 14.3. The Kier molecular flexibility index (Phi) is 5.71. The van der Waals surface area contributed by atoms with E-state index in [4.69, 9.17) is 0 Å². The molecule has 3 nitrogen and oxygen atoms in total. The van der Waals surface area contributed by atoms with Crippen LogP contribution in [0.5, 0.6) is 0 Å². The van der Waals surface area contributed by atoms with Gasteiger partial charge in [-0.05, 0) is 43.7 Å². The Morgan fingerprint density at radius 2 is 1.83 bits per heavy atom. The number of carbonyl (C=O) groups excluding carboxylic acids is 1. The molecule has 0 radical (unpaired) electrons. The highest BCUT2D eigenvalue weighted by molar-refractivity contribution is 5.83. The molecule has 0 bridgehead atoms. The molecule has 3 heteroatoms. The molecule has 1 N–H and O–H groups in total. The van der Waals surface area contributed by atoms with Gasteiger partial charge in [0.15, 0.2) is 0 Å². The minimum absolute atomic E-state index is 0.124. The summed E-state index contributed by atoms with van der Waals surface area (Å²) in [6, 6.07) is 10.6. The zero-order chi connectivity index (χ0) is 16.1. The van der Waals surface area contributed by atoms with Crippen LogP contribution in [0.2, 0.25) is 0 Å². The highest BCUT2D eigenvalue weighted by Gasteiger charge is 2.31. The summed E-state index contributed by atoms with van der Waals surface area (Å²) in [5.74, 6) is 0.884. The van der Waals surface area contributed by atoms with E-state index in [1.807, 2.05) is 18.2 Å². The minimum atomic E-state index is -0.124. The second-order valence-electron chi connectivity index (χ2n) is 7.40. The van der Waals surface area contributed by atoms with E-state index in [-0.39, 0.29) is 11.9 Å². The maximum Gasteiger partial charge on any atom is 0.242 e. The van der Waals surface area contributed by atoms with Gasteiger partial charge in [-0.1, -0.05) is 56.5 Å². The van der Waals surface area contributed by atoms with Crippen molar-refractivity contribution in [3.05, 3.63) is 35.9 Å². The van der Waals surface area contributed by atoms with Crippen molar-refractivity contribution in [2.75, 3.05) is 13.1 Å². The van der Waals surface area contributed by atoms with Crippen molar-refractivity contribution in [3.8, 4) is 0 Å². The molecular weight excluding hydrogens is 284 g/mol. The maximum atomic E-state index is 13.1. The van der Waals surface area contributed by atoms with Crippen molar-refractivity contribution >= 4 is 5.91 Å². The molecule has 1 heterocycles. The first-order valence-electron chi connectivity index (χ1n) is 9.33. The van der Waals surface area contributed by atoms with E-state index < -0.39 is 0 Å². The summed E-state index contributed by atoms with van der Waals surface area (Å²) in [5.41, 5.74) is 1.13. The van der Waals surface area contributed by atoms with Crippen LogP contribution in [0.25, 0.3) is 0 Å². The van der Waals surface area contributed by atoms with Gasteiger partial charge in [-0.25, -0.2) is 0 Å². The average molecular weight is 314 g/mol. The van der Waals surface area contributed by atoms with Crippen LogP contribution in [0, 0.1) is 5.92 Å². The van der Waals surface area contributed by atoms with E-state index in [0.717, 1.165) is 31.5 Å². The normalized spacial score (nSPS) is 25.0. The SMILES string of the molecule is CC1CCCN(C(C(=O)NC2CCCCC2)c2ccccc2)C1. The molecule has 23 heavy (non-hydrogen) atoms. The van der Waals surface area contributed by atoms with Gasteiger partial charge in [-0.2, -0.15) is 0 Å². The molecule has 0 spiro atoms. The first-order valence-corrected chi connectivity index (χ1v) is 9.33. The van der Waals surface area contributed by atoms with Crippen LogP contribution in [0.3, 0.4) is 0 Å². The Hall–Kier alpha value is -1.35. The van der Waals surface area contributed by atoms with Gasteiger partial charge < -0.3 is 5.32 Å². The fraction of sp³-hybridized carbons (Fsp3) is 0.650. The Balaban J connectivity index is 1.75. The van der Waals surface area contributed by atoms with Gasteiger partial charge in [0.1, 0.15) is 6.04 Å². The van der Waals surface area contributed by atoms with Crippen molar-refractivity contribution in [3.63, 3.8) is 0 Å². The number of nitrogens with zero attached hydrogens (tertiary/aromatic N) is 1. The van der Waals surface area contributed by atoms with Gasteiger partial charge in [-0.3, -0.25) is 9.69 Å². The Labute approximate surface area is 140 Å². The second-order valence-corrected chi connectivity index (χ2v) is 7.40. The van der Waals surface area contributed by atoms with E-state index in [1.165, 1.54) is 32.1 Å². The van der Waals surface area contributed by atoms with Crippen LogP contribution in [0.4, 0.5) is 0 Å². The molecule has 1 saturated carbocycles. The van der Waals surface area contributed by atoms with Crippen LogP contribution in [-0.2, 0) is 4.79 Å². The van der Waals surface area contributed by atoms with Crippen LogP contribution in [0.15, 0.2) is 30.3 Å². The lowest BCUT2D eigenvalue weighted by atomic mass is 9.93. The lowest BCUT2D eigenvalue weighted by Crippen LogP contribution is -2.47. The fourth-order valence-corrected chi connectivity index (χ4v) is 4.15. The molecule has 1 aliphatic carbocycles. The number of hydrogen-bond donors (Lipinski definition) is 1. The van der Waals surface area contributed by atoms with Crippen molar-refractivity contribution in [1.29, 1.82) is 0 Å². The number of nitrogens with one attached hydrogen (secondary N) is 1. The maximum absolute atomic E-state index is 13.1. The molecule has 3 rings (SSSR count). The standard InChI is InChI=1S/C20H30N2O/c1-16-9-8-14-22(15-16)19(17-10-4-2-5-11-17)20(23)21-18-12-6-3-7-13-18/h2,4-5,10-11,16,18-19H,3,6-9,12-15H2,1H3,(H,21,23). The molecule has 126 valence electrons. The summed E-state index contributed by atoms with van der Waals surface area (Å²) in [5, 5.41) is 3.35. The van der Waals surface area contributed by atoms with Crippen LogP contribution < -0.4 is 5.32 Å². The van der Waals surface area contributed by atoms with Gasteiger partial charge in [0, 0.05) is 12.6 Å². The molecule has 1 aromatic rings. The van der Waals surface area contributed by atoms with Crippen LogP contribution >= 0.6 is 0 Å². The smallest absolute Gasteiger partial charge is 0.242 e. The molecule has 1 saturated heterocycles. The van der Waals surface area contributed by atoms with Gasteiger partial charge in [-0.15, -0.1) is 0 Å². The first kappa shape index (κ1) is 16.5. The highest BCUT2D eigenvalue weighted by Crippen LogP contribution is 2.28. The van der Waals surface area contributed by atoms with E-state index in [1.54, 1.807) is 0 Å². The number of hydrogen-bond acceptors (Lipinski definition) is 2. The fourth-order valence-electron chi connectivity index (χ4n) is 4.15. The molecule has 0 aromatic heterocycles. The summed E-state index contributed by atoms with van der Waals surface area (Å²) in [4.78, 5) is 15.5. The number of rotatable bonds is 4. The molecular formula is C20H30N2O. The zero-order valence-corrected chi connectivity index (χ0v) is 14.3. The van der Waals surface area contributed by atoms with Gasteiger partial charge in [0.2, 0.25) is 5.91 Å². The Morgan fingerprint density at radius 1 is 1.09 bits per heavy atom. The molecule has 2 atom stereocenters. The quantitative estimate of drug-likeness (QED) is 0.914. The van der Waals surface area contributed by atoms with Crippen LogP contribution in [-0.4, -0.2) is 29.9 Å². The number of amides is 1. The first-order chi connectivity index (χ1) is 11.2. The van der Waals surface area contributed by atoms with Gasteiger partial charge in [0.25, 0.3) is 0 Å². The number of piperidine rings is 1. The third-order valence-electron chi connectivity index (χ3n) is 5.37. The number of likely N-dealkylation sites (tertiary alicyclic amines) is 1. The average Bonchev–Trinajstić information content (AvgIpc) is 2.57. The Bertz CT molecular complexity index is 496. The minimum Gasteiger partial charge on any atom is -0.352 e. The van der Waals surface area contributed by atoms with E-state index in [0.29, 0.717) is 12.0 Å². The van der Waals surface area contributed by atoms with Gasteiger partial charge >= 0.3 is 0 Å². The molecule has 2 fully saturated rings. The summed E-state index contributed by atoms with van der Waals surface area (Å²) in [7, 11) is 0. The summed E-state index contributed by atoms with van der Waals surface area (Å²) in [6.45, 7) is 4.35. The lowest BCUT2D eigenvalue weighted by molar-refractivity contribution is -0.128. The van der Waals surface area contributed by atoms with E-state index >= 15 is 0 Å². The topological polar surface area (TPSA) is 32.3 Å². The predicted octanol–water partition coefficient (Wildman–Crippen LogP) is 3.91. The summed E-state index contributed by atoms with van der Waals surface area (Å²) >= 11 is 0. The number of benzene rings is 1. The van der Waals surface area contributed by atoms with Crippen LogP contribution in [0.1, 0.15) is 63.5 Å². The summed E-state index contributed by atoms with van der Waals surface area (Å²) in [6.07, 6.45) is 8.58. The third-order valence-corrected chi connectivity index (χ3v) is 5.37. The van der Waals surface area contributed by atoms with E-state index in [9.17, 15) is 4.79 Å². The highest BCUT2D eigenvalue weighted by atomic mass is 16.2. The third kappa shape index (κ3) is 4.35. The monoisotopic (exact) mass is 314 g/mol. The Morgan fingerprint density at radius 3 is 2.52 bits per heavy atom. The van der Waals surface area contributed by atoms with Crippen molar-refractivity contribution in [2.24, 2.45) is 5.92 Å². The van der Waals surface area contributed by atoms with Crippen molar-refractivity contribution < 1.29 is 4.79 Å². The predicted molar refractivity (Wildman–Crippen MR) is 94.2 cm³/mol. The summed E-state index contributed by atoms with van der Waals surface area (Å²) < 4.78 is 0. The second kappa shape index (κ2) is 7.96. The van der Waals surface area contributed by atoms with Crippen molar-refractivity contribution in [1.82, 2.24) is 10.2 Å². The lowest BCUT2D eigenvalue weighted by Gasteiger charge is -2.37. The molecule has 2 unspecified atom stereocenters. The van der Waals surface area contributed by atoms with Crippen molar-refractivity contribution in [2.45, 2.75) is 64.0 Å². The number of carbonyl (C=O) groups is 1. The van der Waals surface area contributed by atoms with Gasteiger partial charge in [0.05, 0.1) is 0 Å².